The Bertz CT molecular complexity index is 693. The van der Waals surface area contributed by atoms with E-state index < -0.39 is 0 Å². The fourth-order valence-corrected chi connectivity index (χ4v) is 4.12. The van der Waals surface area contributed by atoms with Crippen LogP contribution in [0.5, 0.6) is 17.2 Å². The van der Waals surface area contributed by atoms with Gasteiger partial charge >= 0.3 is 0 Å². The predicted molar refractivity (Wildman–Crippen MR) is 89.4 cm³/mol. The van der Waals surface area contributed by atoms with Crippen LogP contribution in [0, 0.1) is 5.92 Å². The van der Waals surface area contributed by atoms with Crippen LogP contribution < -0.4 is 14.2 Å². The van der Waals surface area contributed by atoms with Crippen molar-refractivity contribution in [1.29, 1.82) is 0 Å². The topological polar surface area (TPSA) is 27.7 Å². The molecule has 0 radical (unpaired) electrons. The van der Waals surface area contributed by atoms with Gasteiger partial charge in [0.2, 0.25) is 0 Å². The van der Waals surface area contributed by atoms with Crippen molar-refractivity contribution in [3.63, 3.8) is 0 Å². The first kappa shape index (κ1) is 14.4. The maximum Gasteiger partial charge on any atom is 0.127 e. The summed E-state index contributed by atoms with van der Waals surface area (Å²) >= 11 is 0. The monoisotopic (exact) mass is 310 g/mol. The van der Waals surface area contributed by atoms with E-state index >= 15 is 0 Å². The van der Waals surface area contributed by atoms with Gasteiger partial charge in [0.15, 0.2) is 0 Å². The van der Waals surface area contributed by atoms with E-state index in [9.17, 15) is 0 Å². The molecule has 23 heavy (non-hydrogen) atoms. The highest BCUT2D eigenvalue weighted by Crippen LogP contribution is 2.54. The number of fused-ring (bicyclic) bond motifs is 3. The van der Waals surface area contributed by atoms with Gasteiger partial charge < -0.3 is 14.2 Å². The fraction of sp³-hybridized carbons (Fsp3) is 0.400. The molecule has 1 saturated carbocycles. The second kappa shape index (κ2) is 5.80. The van der Waals surface area contributed by atoms with Gasteiger partial charge in [-0.05, 0) is 54.7 Å². The zero-order chi connectivity index (χ0) is 15.8. The molecule has 0 saturated heterocycles. The molecule has 3 nitrogen and oxygen atoms in total. The van der Waals surface area contributed by atoms with Crippen molar-refractivity contribution in [3.05, 3.63) is 53.6 Å². The Kier molecular flexibility index (Phi) is 3.64. The first-order valence-corrected chi connectivity index (χ1v) is 8.28. The molecule has 1 unspecified atom stereocenters. The largest absolute Gasteiger partial charge is 0.497 e. The second-order valence-corrected chi connectivity index (χ2v) is 6.42. The van der Waals surface area contributed by atoms with E-state index in [1.54, 1.807) is 14.2 Å². The molecule has 2 aromatic carbocycles. The van der Waals surface area contributed by atoms with Crippen LogP contribution in [0.25, 0.3) is 0 Å². The zero-order valence-electron chi connectivity index (χ0n) is 13.6. The van der Waals surface area contributed by atoms with Crippen LogP contribution >= 0.6 is 0 Å². The van der Waals surface area contributed by atoms with Crippen molar-refractivity contribution in [1.82, 2.24) is 0 Å². The first-order chi connectivity index (χ1) is 11.3. The molecule has 1 heterocycles. The smallest absolute Gasteiger partial charge is 0.127 e. The third-order valence-electron chi connectivity index (χ3n) is 5.27. The van der Waals surface area contributed by atoms with Gasteiger partial charge in [-0.3, -0.25) is 0 Å². The lowest BCUT2D eigenvalue weighted by Gasteiger charge is -2.36. The van der Waals surface area contributed by atoms with Gasteiger partial charge in [-0.2, -0.15) is 0 Å². The van der Waals surface area contributed by atoms with Crippen molar-refractivity contribution in [3.8, 4) is 17.2 Å². The highest BCUT2D eigenvalue weighted by Gasteiger charge is 2.42. The summed E-state index contributed by atoms with van der Waals surface area (Å²) in [6.45, 7) is 0. The van der Waals surface area contributed by atoms with Crippen LogP contribution in [0.1, 0.15) is 42.4 Å². The molecule has 0 spiro atoms. The third-order valence-corrected chi connectivity index (χ3v) is 5.27. The SMILES string of the molecule is COc1ccc([C@H]2Oc3ccc(OC)cc3C3CCC[C@H]32)cc1. The molecule has 3 atom stereocenters. The van der Waals surface area contributed by atoms with Crippen LogP contribution in [0.2, 0.25) is 0 Å². The Hall–Kier alpha value is -2.16. The summed E-state index contributed by atoms with van der Waals surface area (Å²) in [5.74, 6) is 3.93. The van der Waals surface area contributed by atoms with Crippen LogP contribution in [0.3, 0.4) is 0 Å². The lowest BCUT2D eigenvalue weighted by atomic mass is 9.80. The number of hydrogen-bond donors (Lipinski definition) is 0. The van der Waals surface area contributed by atoms with Crippen LogP contribution in [-0.2, 0) is 0 Å². The molecule has 0 N–H and O–H groups in total. The molecule has 4 rings (SSSR count). The molecule has 120 valence electrons. The van der Waals surface area contributed by atoms with Gasteiger partial charge in [-0.1, -0.05) is 18.6 Å². The van der Waals surface area contributed by atoms with E-state index in [-0.39, 0.29) is 6.10 Å². The molecule has 2 aliphatic rings. The number of methoxy groups -OCH3 is 2. The molecule has 1 fully saturated rings. The van der Waals surface area contributed by atoms with Crippen LogP contribution in [-0.4, -0.2) is 14.2 Å². The Balaban J connectivity index is 1.71. The standard InChI is InChI=1S/C20H22O3/c1-21-14-8-6-13(7-9-14)20-17-5-3-4-16(17)18-12-15(22-2)10-11-19(18)23-20/h6-12,16-17,20H,3-5H2,1-2H3/t16?,17-,20-/m1/s1. The quantitative estimate of drug-likeness (QED) is 0.821. The van der Waals surface area contributed by atoms with E-state index in [1.165, 1.54) is 30.4 Å². The summed E-state index contributed by atoms with van der Waals surface area (Å²) < 4.78 is 17.1. The van der Waals surface area contributed by atoms with Gasteiger partial charge in [-0.15, -0.1) is 0 Å². The Morgan fingerprint density at radius 2 is 1.65 bits per heavy atom. The number of rotatable bonds is 3. The van der Waals surface area contributed by atoms with Gasteiger partial charge in [0, 0.05) is 11.5 Å². The summed E-state index contributed by atoms with van der Waals surface area (Å²) in [6.07, 6.45) is 3.86. The van der Waals surface area contributed by atoms with Crippen molar-refractivity contribution in [2.45, 2.75) is 31.3 Å². The van der Waals surface area contributed by atoms with E-state index in [2.05, 4.69) is 24.3 Å². The zero-order valence-corrected chi connectivity index (χ0v) is 13.6. The molecule has 2 aromatic rings. The summed E-state index contributed by atoms with van der Waals surface area (Å²) in [4.78, 5) is 0. The second-order valence-electron chi connectivity index (χ2n) is 6.42. The maximum absolute atomic E-state index is 6.41. The average Bonchev–Trinajstić information content (AvgIpc) is 3.11. The lowest BCUT2D eigenvalue weighted by molar-refractivity contribution is 0.104. The Morgan fingerprint density at radius 1 is 0.913 bits per heavy atom. The summed E-state index contributed by atoms with van der Waals surface area (Å²) in [6, 6.07) is 14.5. The van der Waals surface area contributed by atoms with Crippen molar-refractivity contribution >= 4 is 0 Å². The van der Waals surface area contributed by atoms with Crippen molar-refractivity contribution < 1.29 is 14.2 Å². The predicted octanol–water partition coefficient (Wildman–Crippen LogP) is 4.72. The number of hydrogen-bond acceptors (Lipinski definition) is 3. The lowest BCUT2D eigenvalue weighted by Crippen LogP contribution is -2.26. The fourth-order valence-electron chi connectivity index (χ4n) is 4.12. The molecule has 0 aromatic heterocycles. The van der Waals surface area contributed by atoms with Crippen LogP contribution in [0.15, 0.2) is 42.5 Å². The minimum atomic E-state index is 0.134. The minimum Gasteiger partial charge on any atom is -0.497 e. The van der Waals surface area contributed by atoms with Gasteiger partial charge in [0.1, 0.15) is 23.4 Å². The molecule has 0 amide bonds. The summed E-state index contributed by atoms with van der Waals surface area (Å²) in [5.41, 5.74) is 2.56. The summed E-state index contributed by atoms with van der Waals surface area (Å²) in [5, 5.41) is 0. The van der Waals surface area contributed by atoms with E-state index in [0.29, 0.717) is 11.8 Å². The van der Waals surface area contributed by atoms with E-state index in [0.717, 1.165) is 17.2 Å². The molecule has 0 bridgehead atoms. The van der Waals surface area contributed by atoms with E-state index in [1.807, 2.05) is 18.2 Å². The Labute approximate surface area is 137 Å². The Morgan fingerprint density at radius 3 is 2.39 bits per heavy atom. The van der Waals surface area contributed by atoms with Crippen molar-refractivity contribution in [2.24, 2.45) is 5.92 Å². The molecule has 1 aliphatic heterocycles. The van der Waals surface area contributed by atoms with Gasteiger partial charge in [0.05, 0.1) is 14.2 Å². The van der Waals surface area contributed by atoms with Crippen molar-refractivity contribution in [2.75, 3.05) is 14.2 Å². The number of benzene rings is 2. The normalized spacial score (nSPS) is 25.2. The number of ether oxygens (including phenoxy) is 3. The highest BCUT2D eigenvalue weighted by atomic mass is 16.5. The molecule has 1 aliphatic carbocycles. The van der Waals surface area contributed by atoms with Gasteiger partial charge in [-0.25, -0.2) is 0 Å². The van der Waals surface area contributed by atoms with E-state index in [4.69, 9.17) is 14.2 Å². The highest BCUT2D eigenvalue weighted by molar-refractivity contribution is 5.46. The molecule has 3 heteroatoms. The summed E-state index contributed by atoms with van der Waals surface area (Å²) in [7, 11) is 3.42. The van der Waals surface area contributed by atoms with Gasteiger partial charge in [0.25, 0.3) is 0 Å². The average molecular weight is 310 g/mol. The third kappa shape index (κ3) is 2.44. The van der Waals surface area contributed by atoms with Crippen LogP contribution in [0.4, 0.5) is 0 Å². The first-order valence-electron chi connectivity index (χ1n) is 8.28. The minimum absolute atomic E-state index is 0.134. The molecular weight excluding hydrogens is 288 g/mol. The molecular formula is C20H22O3. The maximum atomic E-state index is 6.41.